The van der Waals surface area contributed by atoms with E-state index in [9.17, 15) is 18.0 Å². The number of alkyl carbamates (subject to hydrolysis) is 1. The third kappa shape index (κ3) is 5.54. The summed E-state index contributed by atoms with van der Waals surface area (Å²) in [5, 5.41) is 3.21. The van der Waals surface area contributed by atoms with Crippen molar-refractivity contribution in [2.75, 3.05) is 7.11 Å². The number of esters is 1. The zero-order chi connectivity index (χ0) is 25.3. The van der Waals surface area contributed by atoms with Crippen molar-refractivity contribution in [1.29, 1.82) is 0 Å². The molecule has 1 amide bonds. The summed E-state index contributed by atoms with van der Waals surface area (Å²) in [5.74, 6) is -0.667. The molecule has 1 atom stereocenters. The number of nitrogens with one attached hydrogen (secondary N) is 1. The lowest BCUT2D eigenvalue weighted by Crippen LogP contribution is -2.45. The molecular weight excluding hydrogens is 571 g/mol. The topological polar surface area (TPSA) is 104 Å². The van der Waals surface area contributed by atoms with Gasteiger partial charge in [0.05, 0.1) is 21.2 Å². The highest BCUT2D eigenvalue weighted by Gasteiger charge is 2.31. The second kappa shape index (κ2) is 9.95. The first-order valence-corrected chi connectivity index (χ1v) is 13.0. The first-order valence-electron chi connectivity index (χ1n) is 10.5. The fourth-order valence-corrected chi connectivity index (χ4v) is 6.46. The normalized spacial score (nSPS) is 12.9. The number of rotatable bonds is 6. The summed E-state index contributed by atoms with van der Waals surface area (Å²) in [6.45, 7) is 7.03. The van der Waals surface area contributed by atoms with Crippen LogP contribution in [-0.2, 0) is 30.7 Å². The first kappa shape index (κ1) is 26.0. The molecule has 0 aliphatic heterocycles. The standard InChI is InChI=1S/C24H27IN2O6S/c1-15-10-12-16(13-11-15)34(30,31)27-20-9-7-6-8-17(20)18(21(27)25)14-19(22(28)32-5)26-23(29)33-24(2,3)4/h6-13,19H,14H2,1-5H3,(H,26,29)/t19-/m0/s1. The predicted octanol–water partition coefficient (Wildman–Crippen LogP) is 4.40. The largest absolute Gasteiger partial charge is 0.467 e. The average molecular weight is 598 g/mol. The maximum absolute atomic E-state index is 13.6. The van der Waals surface area contributed by atoms with E-state index in [1.807, 2.05) is 29.5 Å². The summed E-state index contributed by atoms with van der Waals surface area (Å²) in [5.41, 5.74) is 1.26. The Morgan fingerprint density at radius 1 is 1.09 bits per heavy atom. The number of halogens is 1. The smallest absolute Gasteiger partial charge is 0.408 e. The average Bonchev–Trinajstić information content (AvgIpc) is 3.03. The quantitative estimate of drug-likeness (QED) is 0.334. The Morgan fingerprint density at radius 3 is 2.29 bits per heavy atom. The molecular formula is C24H27IN2O6S. The van der Waals surface area contributed by atoms with Crippen molar-refractivity contribution < 1.29 is 27.5 Å². The molecule has 0 aliphatic rings. The van der Waals surface area contributed by atoms with Crippen LogP contribution in [0.2, 0.25) is 0 Å². The fraction of sp³-hybridized carbons (Fsp3) is 0.333. The molecule has 182 valence electrons. The second-order valence-corrected chi connectivity index (χ2v) is 11.6. The summed E-state index contributed by atoms with van der Waals surface area (Å²) in [6, 6.07) is 12.6. The van der Waals surface area contributed by atoms with Crippen LogP contribution >= 0.6 is 22.6 Å². The van der Waals surface area contributed by atoms with E-state index in [1.165, 1.54) is 11.1 Å². The first-order chi connectivity index (χ1) is 15.8. The second-order valence-electron chi connectivity index (χ2n) is 8.80. The van der Waals surface area contributed by atoms with E-state index >= 15 is 0 Å². The lowest BCUT2D eigenvalue weighted by atomic mass is 10.1. The number of amides is 1. The minimum atomic E-state index is -3.92. The molecule has 0 radical (unpaired) electrons. The van der Waals surface area contributed by atoms with Gasteiger partial charge in [-0.1, -0.05) is 35.9 Å². The van der Waals surface area contributed by atoms with E-state index in [-0.39, 0.29) is 11.3 Å². The molecule has 3 rings (SSSR count). The van der Waals surface area contributed by atoms with Crippen molar-refractivity contribution in [3.63, 3.8) is 0 Å². The number of ether oxygens (including phenoxy) is 2. The van der Waals surface area contributed by atoms with Gasteiger partial charge in [0.1, 0.15) is 11.6 Å². The van der Waals surface area contributed by atoms with E-state index in [1.54, 1.807) is 69.3 Å². The number of methoxy groups -OCH3 is 1. The van der Waals surface area contributed by atoms with Crippen molar-refractivity contribution in [3.05, 3.63) is 63.4 Å². The van der Waals surface area contributed by atoms with Gasteiger partial charge in [0, 0.05) is 11.8 Å². The Labute approximate surface area is 212 Å². The van der Waals surface area contributed by atoms with Crippen LogP contribution in [0.1, 0.15) is 31.9 Å². The van der Waals surface area contributed by atoms with Crippen molar-refractivity contribution >= 4 is 55.6 Å². The van der Waals surface area contributed by atoms with Crippen LogP contribution in [-0.4, -0.2) is 43.2 Å². The van der Waals surface area contributed by atoms with Crippen molar-refractivity contribution in [2.45, 2.75) is 50.7 Å². The third-order valence-electron chi connectivity index (χ3n) is 5.02. The van der Waals surface area contributed by atoms with Crippen LogP contribution in [0, 0.1) is 10.6 Å². The van der Waals surface area contributed by atoms with Crippen LogP contribution in [0.15, 0.2) is 53.4 Å². The van der Waals surface area contributed by atoms with E-state index in [0.717, 1.165) is 5.56 Å². The minimum Gasteiger partial charge on any atom is -0.467 e. The monoisotopic (exact) mass is 598 g/mol. The number of fused-ring (bicyclic) bond motifs is 1. The zero-order valence-electron chi connectivity index (χ0n) is 19.6. The van der Waals surface area contributed by atoms with Gasteiger partial charge >= 0.3 is 12.1 Å². The van der Waals surface area contributed by atoms with E-state index in [2.05, 4.69) is 5.32 Å². The van der Waals surface area contributed by atoms with Gasteiger partial charge in [-0.15, -0.1) is 0 Å². The Kier molecular flexibility index (Phi) is 7.61. The highest BCUT2D eigenvalue weighted by molar-refractivity contribution is 14.1. The molecule has 3 aromatic rings. The Morgan fingerprint density at radius 2 is 1.71 bits per heavy atom. The molecule has 8 nitrogen and oxygen atoms in total. The summed E-state index contributed by atoms with van der Waals surface area (Å²) < 4.78 is 39.0. The van der Waals surface area contributed by atoms with Crippen LogP contribution < -0.4 is 5.32 Å². The van der Waals surface area contributed by atoms with Crippen LogP contribution in [0.4, 0.5) is 4.79 Å². The van der Waals surface area contributed by atoms with Gasteiger partial charge in [0.15, 0.2) is 0 Å². The highest BCUT2D eigenvalue weighted by atomic mass is 127. The maximum Gasteiger partial charge on any atom is 0.408 e. The number of carbonyl (C=O) groups is 2. The Hall–Kier alpha value is -2.60. The summed E-state index contributed by atoms with van der Waals surface area (Å²) in [7, 11) is -2.70. The SMILES string of the molecule is COC(=O)[C@H](Cc1c(I)n(S(=O)(=O)c2ccc(C)cc2)c2ccccc12)NC(=O)OC(C)(C)C. The van der Waals surface area contributed by atoms with Gasteiger partial charge in [-0.05, 0) is 74.0 Å². The summed E-state index contributed by atoms with van der Waals surface area (Å²) in [6.07, 6.45) is -0.755. The Bertz CT molecular complexity index is 1320. The number of benzene rings is 2. The number of para-hydroxylation sites is 1. The van der Waals surface area contributed by atoms with Gasteiger partial charge in [-0.2, -0.15) is 0 Å². The van der Waals surface area contributed by atoms with Crippen molar-refractivity contribution in [3.8, 4) is 0 Å². The molecule has 1 aromatic heterocycles. The molecule has 1 heterocycles. The number of hydrogen-bond donors (Lipinski definition) is 1. The van der Waals surface area contributed by atoms with Crippen LogP contribution in [0.3, 0.4) is 0 Å². The number of aromatic nitrogens is 1. The number of aryl methyl sites for hydroxylation is 1. The van der Waals surface area contributed by atoms with E-state index in [0.29, 0.717) is 20.2 Å². The van der Waals surface area contributed by atoms with Gasteiger partial charge in [-0.3, -0.25) is 0 Å². The zero-order valence-corrected chi connectivity index (χ0v) is 22.6. The lowest BCUT2D eigenvalue weighted by Gasteiger charge is -2.22. The molecule has 0 bridgehead atoms. The molecule has 0 saturated carbocycles. The Balaban J connectivity index is 2.09. The number of carbonyl (C=O) groups excluding carboxylic acids is 2. The summed E-state index contributed by atoms with van der Waals surface area (Å²) >= 11 is 1.97. The molecule has 1 N–H and O–H groups in total. The molecule has 34 heavy (non-hydrogen) atoms. The van der Waals surface area contributed by atoms with Gasteiger partial charge in [0.25, 0.3) is 10.0 Å². The van der Waals surface area contributed by atoms with Crippen molar-refractivity contribution in [2.24, 2.45) is 0 Å². The molecule has 0 saturated heterocycles. The summed E-state index contributed by atoms with van der Waals surface area (Å²) in [4.78, 5) is 25.0. The molecule has 2 aromatic carbocycles. The molecule has 0 fully saturated rings. The van der Waals surface area contributed by atoms with Gasteiger partial charge in [0.2, 0.25) is 0 Å². The van der Waals surface area contributed by atoms with E-state index < -0.39 is 33.7 Å². The fourth-order valence-electron chi connectivity index (χ4n) is 3.48. The predicted molar refractivity (Wildman–Crippen MR) is 137 cm³/mol. The lowest BCUT2D eigenvalue weighted by molar-refractivity contribution is -0.143. The number of nitrogens with zero attached hydrogens (tertiary/aromatic N) is 1. The van der Waals surface area contributed by atoms with Crippen molar-refractivity contribution in [1.82, 2.24) is 9.29 Å². The number of hydrogen-bond acceptors (Lipinski definition) is 6. The molecule has 0 aliphatic carbocycles. The molecule has 0 spiro atoms. The molecule has 10 heteroatoms. The van der Waals surface area contributed by atoms with Crippen LogP contribution in [0.25, 0.3) is 10.9 Å². The van der Waals surface area contributed by atoms with Gasteiger partial charge < -0.3 is 14.8 Å². The highest BCUT2D eigenvalue weighted by Crippen LogP contribution is 2.32. The maximum atomic E-state index is 13.6. The van der Waals surface area contributed by atoms with Crippen LogP contribution in [0.5, 0.6) is 0 Å². The third-order valence-corrected chi connectivity index (χ3v) is 8.21. The molecule has 0 unspecified atom stereocenters. The van der Waals surface area contributed by atoms with E-state index in [4.69, 9.17) is 9.47 Å². The minimum absolute atomic E-state index is 0.0150. The van der Waals surface area contributed by atoms with Gasteiger partial charge in [-0.25, -0.2) is 22.0 Å².